The van der Waals surface area contributed by atoms with Crippen LogP contribution in [0.15, 0.2) is 82.4 Å². The van der Waals surface area contributed by atoms with Crippen LogP contribution in [0.5, 0.6) is 0 Å². The number of hydrogen-bond acceptors (Lipinski definition) is 4. The van der Waals surface area contributed by atoms with Gasteiger partial charge in [0.2, 0.25) is 0 Å². The summed E-state index contributed by atoms with van der Waals surface area (Å²) in [6.45, 7) is 0. The van der Waals surface area contributed by atoms with Crippen molar-refractivity contribution in [1.29, 1.82) is 0 Å². The highest BCUT2D eigenvalue weighted by atomic mass is 19.1. The number of benzene rings is 2. The number of fused-ring (bicyclic) bond motifs is 1. The van der Waals surface area contributed by atoms with Gasteiger partial charge in [0.1, 0.15) is 11.4 Å². The number of anilines is 1. The Morgan fingerprint density at radius 1 is 1.07 bits per heavy atom. The fourth-order valence-corrected chi connectivity index (χ4v) is 3.26. The smallest absolute Gasteiger partial charge is 0.406 e. The van der Waals surface area contributed by atoms with E-state index in [4.69, 9.17) is 4.42 Å². The number of carbonyl (C=O) groups is 1. The van der Waals surface area contributed by atoms with Crippen LogP contribution in [0.3, 0.4) is 0 Å². The number of nitrogens with zero attached hydrogens (tertiary/aromatic N) is 3. The Kier molecular flexibility index (Phi) is 4.06. The second-order valence-electron chi connectivity index (χ2n) is 6.51. The normalized spacial score (nSPS) is 11.1. The van der Waals surface area contributed by atoms with Gasteiger partial charge in [0.25, 0.3) is 5.91 Å². The topological polar surface area (TPSA) is 97.8 Å². The quantitative estimate of drug-likeness (QED) is 0.480. The molecule has 5 rings (SSSR count). The maximum absolute atomic E-state index is 13.3. The first kappa shape index (κ1) is 17.7. The summed E-state index contributed by atoms with van der Waals surface area (Å²) in [6, 6.07) is 14.4. The molecular formula is C21H14FN5O3. The molecule has 0 unspecified atom stereocenters. The average Bonchev–Trinajstić information content (AvgIpc) is 3.47. The van der Waals surface area contributed by atoms with E-state index in [9.17, 15) is 14.0 Å². The third-order valence-corrected chi connectivity index (χ3v) is 4.60. The highest BCUT2D eigenvalue weighted by Gasteiger charge is 2.21. The van der Waals surface area contributed by atoms with Gasteiger partial charge in [-0.3, -0.25) is 9.78 Å². The maximum atomic E-state index is 13.3. The van der Waals surface area contributed by atoms with Crippen LogP contribution in [0.25, 0.3) is 22.6 Å². The number of H-pyrrole nitrogens is 1. The Morgan fingerprint density at radius 3 is 2.60 bits per heavy atom. The van der Waals surface area contributed by atoms with Gasteiger partial charge >= 0.3 is 5.76 Å². The molecule has 2 aromatic carbocycles. The zero-order valence-corrected chi connectivity index (χ0v) is 15.4. The molecule has 0 saturated heterocycles. The predicted molar refractivity (Wildman–Crippen MR) is 108 cm³/mol. The molecule has 9 heteroatoms. The average molecular weight is 403 g/mol. The Bertz CT molecular complexity index is 1410. The van der Waals surface area contributed by atoms with Gasteiger partial charge in [0, 0.05) is 12.4 Å². The van der Waals surface area contributed by atoms with E-state index in [1.807, 2.05) is 12.1 Å². The van der Waals surface area contributed by atoms with E-state index in [1.165, 1.54) is 18.3 Å². The first-order valence-electron chi connectivity index (χ1n) is 9.00. The highest BCUT2D eigenvalue weighted by molar-refractivity contribution is 6.09. The number of nitrogens with one attached hydrogen (secondary N) is 2. The summed E-state index contributed by atoms with van der Waals surface area (Å²) in [6.07, 6.45) is 4.99. The minimum atomic E-state index is -0.608. The second-order valence-corrected chi connectivity index (χ2v) is 6.51. The first-order chi connectivity index (χ1) is 14.6. The van der Waals surface area contributed by atoms with Crippen molar-refractivity contribution >= 4 is 22.7 Å². The van der Waals surface area contributed by atoms with Crippen molar-refractivity contribution in [3.05, 3.63) is 95.1 Å². The van der Waals surface area contributed by atoms with Gasteiger partial charge < -0.3 is 14.3 Å². The molecule has 3 heterocycles. The summed E-state index contributed by atoms with van der Waals surface area (Å²) in [5.41, 5.74) is 1.96. The lowest BCUT2D eigenvalue weighted by Gasteiger charge is -2.11. The molecular weight excluding hydrogens is 389 g/mol. The van der Waals surface area contributed by atoms with E-state index in [1.54, 1.807) is 52.0 Å². The zero-order chi connectivity index (χ0) is 20.7. The van der Waals surface area contributed by atoms with E-state index >= 15 is 0 Å². The van der Waals surface area contributed by atoms with E-state index in [2.05, 4.69) is 15.4 Å². The predicted octanol–water partition coefficient (Wildman–Crippen LogP) is 3.49. The summed E-state index contributed by atoms with van der Waals surface area (Å²) in [5.74, 6) is -0.938. The second kappa shape index (κ2) is 6.89. The molecule has 0 saturated carbocycles. The van der Waals surface area contributed by atoms with Crippen molar-refractivity contribution in [3.8, 4) is 11.5 Å². The van der Waals surface area contributed by atoms with Crippen molar-refractivity contribution in [2.75, 3.05) is 5.32 Å². The third-order valence-electron chi connectivity index (χ3n) is 4.60. The molecule has 0 aliphatic carbocycles. The molecule has 0 fully saturated rings. The molecule has 0 aliphatic rings. The fourth-order valence-electron chi connectivity index (χ4n) is 3.26. The minimum Gasteiger partial charge on any atom is -0.406 e. The van der Waals surface area contributed by atoms with Gasteiger partial charge in [-0.15, -0.1) is 0 Å². The summed E-state index contributed by atoms with van der Waals surface area (Å²) >= 11 is 0. The van der Waals surface area contributed by atoms with Gasteiger partial charge in [-0.05, 0) is 48.5 Å². The molecule has 0 atom stereocenters. The molecule has 30 heavy (non-hydrogen) atoms. The molecule has 0 spiro atoms. The van der Waals surface area contributed by atoms with Crippen molar-refractivity contribution in [1.82, 2.24) is 19.3 Å². The van der Waals surface area contributed by atoms with Crippen molar-refractivity contribution < 1.29 is 13.6 Å². The van der Waals surface area contributed by atoms with Crippen LogP contribution in [-0.4, -0.2) is 25.2 Å². The standard InChI is InChI=1S/C21H14FN5O3/c22-13-6-8-14(9-7-13)27-20(26-10-1-2-11-26)15(12-23-27)19(28)24-16-4-3-5-17-18(16)30-21(29)25-17/h1-12H,(H,24,28)(H,25,29). The van der Waals surface area contributed by atoms with Gasteiger partial charge in [-0.25, -0.2) is 13.9 Å². The Balaban J connectivity index is 1.59. The lowest BCUT2D eigenvalue weighted by atomic mass is 10.2. The minimum absolute atomic E-state index is 0.254. The van der Waals surface area contributed by atoms with Gasteiger partial charge in [-0.2, -0.15) is 5.10 Å². The van der Waals surface area contributed by atoms with Crippen LogP contribution >= 0.6 is 0 Å². The Labute approximate surface area is 168 Å². The van der Waals surface area contributed by atoms with E-state index in [-0.39, 0.29) is 17.0 Å². The van der Waals surface area contributed by atoms with Gasteiger partial charge in [0.05, 0.1) is 23.1 Å². The highest BCUT2D eigenvalue weighted by Crippen LogP contribution is 2.24. The number of rotatable bonds is 4. The SMILES string of the molecule is O=C(Nc1cccc2[nH]c(=O)oc12)c1cnn(-c2ccc(F)cc2)c1-n1cccc1. The van der Waals surface area contributed by atoms with Crippen LogP contribution in [0.2, 0.25) is 0 Å². The molecule has 0 bridgehead atoms. The molecule has 0 aliphatic heterocycles. The van der Waals surface area contributed by atoms with Gasteiger partial charge in [-0.1, -0.05) is 6.07 Å². The van der Waals surface area contributed by atoms with Crippen LogP contribution in [0.4, 0.5) is 10.1 Å². The third kappa shape index (κ3) is 2.98. The molecule has 2 N–H and O–H groups in total. The number of hydrogen-bond donors (Lipinski definition) is 2. The summed E-state index contributed by atoms with van der Waals surface area (Å²) in [4.78, 5) is 27.2. The number of amides is 1. The number of carbonyl (C=O) groups excluding carboxylic acids is 1. The molecule has 8 nitrogen and oxygen atoms in total. The van der Waals surface area contributed by atoms with E-state index in [0.717, 1.165) is 0 Å². The Morgan fingerprint density at radius 2 is 1.83 bits per heavy atom. The molecule has 1 amide bonds. The summed E-state index contributed by atoms with van der Waals surface area (Å²) in [5, 5.41) is 7.11. The largest absolute Gasteiger partial charge is 0.417 e. The molecule has 0 radical (unpaired) electrons. The summed E-state index contributed by atoms with van der Waals surface area (Å²) in [7, 11) is 0. The molecule has 3 aromatic heterocycles. The monoisotopic (exact) mass is 403 g/mol. The number of aromatic nitrogens is 4. The first-order valence-corrected chi connectivity index (χ1v) is 9.00. The lowest BCUT2D eigenvalue weighted by Crippen LogP contribution is -2.15. The van der Waals surface area contributed by atoms with E-state index in [0.29, 0.717) is 22.7 Å². The van der Waals surface area contributed by atoms with Crippen molar-refractivity contribution in [3.63, 3.8) is 0 Å². The fraction of sp³-hybridized carbons (Fsp3) is 0. The zero-order valence-electron chi connectivity index (χ0n) is 15.4. The van der Waals surface area contributed by atoms with Crippen LogP contribution in [-0.2, 0) is 0 Å². The van der Waals surface area contributed by atoms with Crippen LogP contribution < -0.4 is 11.1 Å². The van der Waals surface area contributed by atoms with Crippen LogP contribution in [0.1, 0.15) is 10.4 Å². The lowest BCUT2D eigenvalue weighted by molar-refractivity contribution is 0.102. The van der Waals surface area contributed by atoms with E-state index < -0.39 is 11.7 Å². The number of para-hydroxylation sites is 1. The number of oxazole rings is 1. The van der Waals surface area contributed by atoms with Crippen molar-refractivity contribution in [2.24, 2.45) is 0 Å². The van der Waals surface area contributed by atoms with Crippen LogP contribution in [0, 0.1) is 5.82 Å². The van der Waals surface area contributed by atoms with Gasteiger partial charge in [0.15, 0.2) is 11.4 Å². The molecule has 5 aromatic rings. The maximum Gasteiger partial charge on any atom is 0.417 e. The summed E-state index contributed by atoms with van der Waals surface area (Å²) < 4.78 is 21.8. The Hall–Kier alpha value is -4.40. The number of halogens is 1. The number of aromatic amines is 1. The molecule has 148 valence electrons. The van der Waals surface area contributed by atoms with Crippen molar-refractivity contribution in [2.45, 2.75) is 0 Å².